The van der Waals surface area contributed by atoms with E-state index >= 15 is 0 Å². The third kappa shape index (κ3) is 5.90. The fourth-order valence-electron chi connectivity index (χ4n) is 2.70. The first-order valence-corrected chi connectivity index (χ1v) is 10.1. The Hall–Kier alpha value is -3.22. The molecule has 0 saturated carbocycles. The zero-order chi connectivity index (χ0) is 22.4. The maximum Gasteiger partial charge on any atom is 0.265 e. The summed E-state index contributed by atoms with van der Waals surface area (Å²) < 4.78 is 11.0. The van der Waals surface area contributed by atoms with Gasteiger partial charge in [0.1, 0.15) is 11.5 Å². The molecule has 0 spiro atoms. The van der Waals surface area contributed by atoms with Crippen molar-refractivity contribution in [2.75, 3.05) is 17.7 Å². The Balaban J connectivity index is 1.73. The van der Waals surface area contributed by atoms with Crippen LogP contribution in [0.4, 0.5) is 11.4 Å². The van der Waals surface area contributed by atoms with Gasteiger partial charge < -0.3 is 20.1 Å². The van der Waals surface area contributed by atoms with Crippen molar-refractivity contribution in [3.8, 4) is 11.5 Å². The second-order valence-electron chi connectivity index (χ2n) is 6.56. The Bertz CT molecular complexity index is 1070. The fraction of sp³-hybridized carbons (Fsp3) is 0.130. The lowest BCUT2D eigenvalue weighted by molar-refractivity contribution is -0.122. The van der Waals surface area contributed by atoms with Crippen molar-refractivity contribution in [2.24, 2.45) is 0 Å². The number of ether oxygens (including phenoxy) is 2. The minimum absolute atomic E-state index is 0.229. The van der Waals surface area contributed by atoms with E-state index in [2.05, 4.69) is 10.6 Å². The predicted molar refractivity (Wildman–Crippen MR) is 123 cm³/mol. The van der Waals surface area contributed by atoms with Crippen molar-refractivity contribution in [3.05, 3.63) is 82.3 Å². The zero-order valence-electron chi connectivity index (χ0n) is 16.8. The molecule has 0 saturated heterocycles. The van der Waals surface area contributed by atoms with Gasteiger partial charge in [-0.3, -0.25) is 9.59 Å². The highest BCUT2D eigenvalue weighted by molar-refractivity contribution is 6.34. The van der Waals surface area contributed by atoms with Crippen molar-refractivity contribution in [2.45, 2.75) is 13.0 Å². The largest absolute Gasteiger partial charge is 0.494 e. The standard InChI is InChI=1S/C23H20Cl2N2O4/c1-14(31-17-6-4-3-5-7-17)22(28)26-19-13-21(30-2)20(12-18(19)25)27-23(29)15-8-10-16(24)11-9-15/h3-14H,1-2H3,(H,26,28)(H,27,29)/t14-/m0/s1. The normalized spacial score (nSPS) is 11.4. The summed E-state index contributed by atoms with van der Waals surface area (Å²) in [7, 11) is 1.45. The van der Waals surface area contributed by atoms with Crippen LogP contribution >= 0.6 is 23.2 Å². The minimum atomic E-state index is -0.756. The van der Waals surface area contributed by atoms with E-state index in [1.54, 1.807) is 43.3 Å². The fourth-order valence-corrected chi connectivity index (χ4v) is 3.04. The van der Waals surface area contributed by atoms with Crippen LogP contribution in [-0.2, 0) is 4.79 Å². The van der Waals surface area contributed by atoms with E-state index in [4.69, 9.17) is 32.7 Å². The van der Waals surface area contributed by atoms with Gasteiger partial charge in [-0.25, -0.2) is 0 Å². The first-order valence-electron chi connectivity index (χ1n) is 9.34. The van der Waals surface area contributed by atoms with Crippen LogP contribution in [0.25, 0.3) is 0 Å². The quantitative estimate of drug-likeness (QED) is 0.478. The first kappa shape index (κ1) is 22.5. The number of benzene rings is 3. The second-order valence-corrected chi connectivity index (χ2v) is 7.40. The summed E-state index contributed by atoms with van der Waals surface area (Å²) in [6.45, 7) is 1.63. The monoisotopic (exact) mass is 458 g/mol. The molecule has 3 rings (SSSR count). The molecule has 31 heavy (non-hydrogen) atoms. The number of para-hydroxylation sites is 1. The van der Waals surface area contributed by atoms with Crippen molar-refractivity contribution >= 4 is 46.4 Å². The molecule has 0 aromatic heterocycles. The highest BCUT2D eigenvalue weighted by Crippen LogP contribution is 2.35. The zero-order valence-corrected chi connectivity index (χ0v) is 18.3. The highest BCUT2D eigenvalue weighted by Gasteiger charge is 2.19. The maximum absolute atomic E-state index is 12.5. The molecule has 3 aromatic carbocycles. The van der Waals surface area contributed by atoms with Crippen LogP contribution in [0.5, 0.6) is 11.5 Å². The number of hydrogen-bond donors (Lipinski definition) is 2. The van der Waals surface area contributed by atoms with E-state index in [-0.39, 0.29) is 16.8 Å². The Morgan fingerprint density at radius 2 is 1.58 bits per heavy atom. The van der Waals surface area contributed by atoms with Crippen LogP contribution in [0, 0.1) is 0 Å². The molecule has 0 bridgehead atoms. The summed E-state index contributed by atoms with van der Waals surface area (Å²) >= 11 is 12.2. The van der Waals surface area contributed by atoms with Gasteiger partial charge in [-0.2, -0.15) is 0 Å². The Kier molecular flexibility index (Phi) is 7.39. The number of anilines is 2. The number of hydrogen-bond acceptors (Lipinski definition) is 4. The summed E-state index contributed by atoms with van der Waals surface area (Å²) in [5, 5.41) is 6.22. The van der Waals surface area contributed by atoms with E-state index in [1.165, 1.54) is 19.2 Å². The summed E-state index contributed by atoms with van der Waals surface area (Å²) in [6, 6.07) is 18.5. The van der Waals surface area contributed by atoms with Gasteiger partial charge in [-0.1, -0.05) is 41.4 Å². The number of carbonyl (C=O) groups excluding carboxylic acids is 2. The summed E-state index contributed by atoms with van der Waals surface area (Å²) in [4.78, 5) is 25.0. The summed E-state index contributed by atoms with van der Waals surface area (Å²) in [5.41, 5.74) is 1.11. The molecule has 160 valence electrons. The molecule has 0 heterocycles. The van der Waals surface area contributed by atoms with Crippen molar-refractivity contribution in [1.29, 1.82) is 0 Å². The molecule has 0 fully saturated rings. The van der Waals surface area contributed by atoms with E-state index in [9.17, 15) is 9.59 Å². The van der Waals surface area contributed by atoms with Gasteiger partial charge >= 0.3 is 0 Å². The van der Waals surface area contributed by atoms with Gasteiger partial charge in [-0.05, 0) is 49.4 Å². The minimum Gasteiger partial charge on any atom is -0.494 e. The average Bonchev–Trinajstić information content (AvgIpc) is 2.76. The molecule has 2 amide bonds. The lowest BCUT2D eigenvalue weighted by Crippen LogP contribution is -2.30. The summed E-state index contributed by atoms with van der Waals surface area (Å²) in [6.07, 6.45) is -0.756. The molecule has 0 radical (unpaired) electrons. The van der Waals surface area contributed by atoms with Crippen molar-refractivity contribution < 1.29 is 19.1 Å². The molecule has 2 N–H and O–H groups in total. The number of carbonyl (C=O) groups is 2. The number of amides is 2. The summed E-state index contributed by atoms with van der Waals surface area (Å²) in [5.74, 6) is 0.172. The third-order valence-corrected chi connectivity index (χ3v) is 4.89. The van der Waals surface area contributed by atoms with Crippen LogP contribution in [-0.4, -0.2) is 25.0 Å². The van der Waals surface area contributed by atoms with Crippen molar-refractivity contribution in [1.82, 2.24) is 0 Å². The smallest absolute Gasteiger partial charge is 0.265 e. The molecule has 0 aliphatic rings. The van der Waals surface area contributed by atoms with E-state index in [0.717, 1.165) is 0 Å². The van der Waals surface area contributed by atoms with E-state index in [0.29, 0.717) is 33.5 Å². The molecule has 0 aliphatic heterocycles. The third-order valence-electron chi connectivity index (χ3n) is 4.33. The Morgan fingerprint density at radius 1 is 0.903 bits per heavy atom. The SMILES string of the molecule is COc1cc(NC(=O)[C@H](C)Oc2ccccc2)c(Cl)cc1NC(=O)c1ccc(Cl)cc1. The average molecular weight is 459 g/mol. The van der Waals surface area contributed by atoms with Gasteiger partial charge in [0.25, 0.3) is 11.8 Å². The van der Waals surface area contributed by atoms with Crippen LogP contribution < -0.4 is 20.1 Å². The molecule has 6 nitrogen and oxygen atoms in total. The van der Waals surface area contributed by atoms with Crippen LogP contribution in [0.15, 0.2) is 66.7 Å². The number of nitrogens with one attached hydrogen (secondary N) is 2. The molecular weight excluding hydrogens is 439 g/mol. The topological polar surface area (TPSA) is 76.7 Å². The molecule has 8 heteroatoms. The van der Waals surface area contributed by atoms with E-state index in [1.807, 2.05) is 18.2 Å². The number of rotatable bonds is 7. The lowest BCUT2D eigenvalue weighted by atomic mass is 10.2. The molecule has 0 aliphatic carbocycles. The second kappa shape index (κ2) is 10.2. The van der Waals surface area contributed by atoms with Gasteiger partial charge in [0.15, 0.2) is 6.10 Å². The Labute approximate surface area is 190 Å². The lowest BCUT2D eigenvalue weighted by Gasteiger charge is -2.17. The van der Waals surface area contributed by atoms with E-state index < -0.39 is 6.10 Å². The number of methoxy groups -OCH3 is 1. The molecule has 0 unspecified atom stereocenters. The number of halogens is 2. The van der Waals surface area contributed by atoms with Gasteiger partial charge in [-0.15, -0.1) is 0 Å². The van der Waals surface area contributed by atoms with Crippen LogP contribution in [0.2, 0.25) is 10.0 Å². The highest BCUT2D eigenvalue weighted by atomic mass is 35.5. The van der Waals surface area contributed by atoms with Gasteiger partial charge in [0.2, 0.25) is 0 Å². The maximum atomic E-state index is 12.5. The Morgan fingerprint density at radius 3 is 2.23 bits per heavy atom. The van der Waals surface area contributed by atoms with Gasteiger partial charge in [0.05, 0.1) is 23.5 Å². The van der Waals surface area contributed by atoms with Crippen LogP contribution in [0.3, 0.4) is 0 Å². The van der Waals surface area contributed by atoms with Gasteiger partial charge in [0, 0.05) is 16.7 Å². The van der Waals surface area contributed by atoms with Crippen LogP contribution in [0.1, 0.15) is 17.3 Å². The van der Waals surface area contributed by atoms with Crippen molar-refractivity contribution in [3.63, 3.8) is 0 Å². The molecule has 3 aromatic rings. The molecular formula is C23H20Cl2N2O4. The first-order chi connectivity index (χ1) is 14.9. The molecule has 1 atom stereocenters. The predicted octanol–water partition coefficient (Wildman–Crippen LogP) is 5.66.